The monoisotopic (exact) mass is 438 g/mol. The Morgan fingerprint density at radius 3 is 2.43 bits per heavy atom. The van der Waals surface area contributed by atoms with E-state index in [1.807, 2.05) is 42.5 Å². The van der Waals surface area contributed by atoms with Crippen LogP contribution in [0.5, 0.6) is 0 Å². The third kappa shape index (κ3) is 4.20. The van der Waals surface area contributed by atoms with Crippen molar-refractivity contribution in [1.82, 2.24) is 10.6 Å². The molecular formula is C24H20Cl2N2O2. The second kappa shape index (κ2) is 8.90. The van der Waals surface area contributed by atoms with Gasteiger partial charge in [0.25, 0.3) is 5.91 Å². The quantitative estimate of drug-likeness (QED) is 0.593. The maximum absolute atomic E-state index is 13.3. The van der Waals surface area contributed by atoms with Crippen LogP contribution in [0.15, 0.2) is 72.8 Å². The van der Waals surface area contributed by atoms with Crippen molar-refractivity contribution in [2.24, 2.45) is 0 Å². The number of benzene rings is 3. The highest BCUT2D eigenvalue weighted by Gasteiger charge is 2.39. The largest absolute Gasteiger partial charge is 0.355 e. The Bertz CT molecular complexity index is 1090. The summed E-state index contributed by atoms with van der Waals surface area (Å²) in [6, 6.07) is 21.6. The van der Waals surface area contributed by atoms with Crippen LogP contribution >= 0.6 is 23.2 Å². The van der Waals surface area contributed by atoms with E-state index < -0.39 is 12.0 Å². The first-order chi connectivity index (χ1) is 14.5. The third-order valence-corrected chi connectivity index (χ3v) is 5.86. The van der Waals surface area contributed by atoms with Crippen molar-refractivity contribution in [3.05, 3.63) is 105 Å². The number of hydrogen-bond donors (Lipinski definition) is 2. The molecule has 0 aliphatic carbocycles. The molecule has 0 spiro atoms. The summed E-state index contributed by atoms with van der Waals surface area (Å²) < 4.78 is 0. The average molecular weight is 439 g/mol. The zero-order valence-corrected chi connectivity index (χ0v) is 17.6. The van der Waals surface area contributed by atoms with E-state index in [4.69, 9.17) is 23.2 Å². The van der Waals surface area contributed by atoms with Gasteiger partial charge in [-0.1, -0.05) is 77.8 Å². The molecule has 0 saturated heterocycles. The zero-order valence-electron chi connectivity index (χ0n) is 16.1. The lowest BCUT2D eigenvalue weighted by Gasteiger charge is -2.34. The van der Waals surface area contributed by atoms with Crippen LogP contribution in [-0.4, -0.2) is 18.4 Å². The molecule has 1 aliphatic heterocycles. The molecule has 4 rings (SSSR count). The van der Waals surface area contributed by atoms with Crippen LogP contribution in [0.1, 0.15) is 39.0 Å². The highest BCUT2D eigenvalue weighted by molar-refractivity contribution is 6.35. The summed E-state index contributed by atoms with van der Waals surface area (Å²) in [5, 5.41) is 6.90. The Balaban J connectivity index is 1.64. The molecule has 2 amide bonds. The standard InChI is InChI=1S/C24H20Cl2N2O2/c25-16-10-11-19(20(26)14-16)22-21(17-8-4-5-9-18(17)23(29)28-22)24(30)27-13-12-15-6-2-1-3-7-15/h1-11,14,21-22H,12-13H2,(H,27,30)(H,28,29)/t21-,22+/m1/s1. The van der Waals surface area contributed by atoms with Gasteiger partial charge in [0.2, 0.25) is 5.91 Å². The van der Waals surface area contributed by atoms with Gasteiger partial charge in [-0.3, -0.25) is 9.59 Å². The molecule has 0 aromatic heterocycles. The van der Waals surface area contributed by atoms with Gasteiger partial charge in [-0.05, 0) is 41.3 Å². The molecule has 6 heteroatoms. The van der Waals surface area contributed by atoms with Crippen LogP contribution in [0.3, 0.4) is 0 Å². The first-order valence-electron chi connectivity index (χ1n) is 9.71. The van der Waals surface area contributed by atoms with Crippen LogP contribution < -0.4 is 10.6 Å². The highest BCUT2D eigenvalue weighted by atomic mass is 35.5. The van der Waals surface area contributed by atoms with Crippen molar-refractivity contribution in [2.45, 2.75) is 18.4 Å². The topological polar surface area (TPSA) is 58.2 Å². The van der Waals surface area contributed by atoms with E-state index in [0.717, 1.165) is 12.0 Å². The maximum Gasteiger partial charge on any atom is 0.252 e. The van der Waals surface area contributed by atoms with E-state index in [-0.39, 0.29) is 11.8 Å². The number of nitrogens with one attached hydrogen (secondary N) is 2. The molecule has 3 aromatic rings. The number of carbonyl (C=O) groups is 2. The number of fused-ring (bicyclic) bond motifs is 1. The minimum absolute atomic E-state index is 0.158. The van der Waals surface area contributed by atoms with Crippen molar-refractivity contribution < 1.29 is 9.59 Å². The molecule has 0 unspecified atom stereocenters. The van der Waals surface area contributed by atoms with Crippen LogP contribution in [0.4, 0.5) is 0 Å². The fourth-order valence-corrected chi connectivity index (χ4v) is 4.37. The van der Waals surface area contributed by atoms with Gasteiger partial charge in [-0.25, -0.2) is 0 Å². The zero-order chi connectivity index (χ0) is 21.1. The molecule has 3 aromatic carbocycles. The number of rotatable bonds is 5. The minimum Gasteiger partial charge on any atom is -0.355 e. The van der Waals surface area contributed by atoms with Crippen LogP contribution in [0, 0.1) is 0 Å². The molecule has 152 valence electrons. The van der Waals surface area contributed by atoms with Gasteiger partial charge < -0.3 is 10.6 Å². The van der Waals surface area contributed by atoms with Gasteiger partial charge >= 0.3 is 0 Å². The second-order valence-electron chi connectivity index (χ2n) is 7.21. The van der Waals surface area contributed by atoms with Gasteiger partial charge in [-0.2, -0.15) is 0 Å². The smallest absolute Gasteiger partial charge is 0.252 e. The summed E-state index contributed by atoms with van der Waals surface area (Å²) in [5.41, 5.74) is 3.00. The predicted molar refractivity (Wildman–Crippen MR) is 119 cm³/mol. The Labute approximate surface area is 185 Å². The summed E-state index contributed by atoms with van der Waals surface area (Å²) in [5.74, 6) is -0.988. The molecule has 2 N–H and O–H groups in total. The Kier molecular flexibility index (Phi) is 6.07. The van der Waals surface area contributed by atoms with Crippen molar-refractivity contribution in [3.8, 4) is 0 Å². The van der Waals surface area contributed by atoms with Crippen LogP contribution in [-0.2, 0) is 11.2 Å². The first-order valence-corrected chi connectivity index (χ1v) is 10.5. The maximum atomic E-state index is 13.3. The van der Waals surface area contributed by atoms with Crippen molar-refractivity contribution in [2.75, 3.05) is 6.54 Å². The van der Waals surface area contributed by atoms with E-state index in [0.29, 0.717) is 33.3 Å². The van der Waals surface area contributed by atoms with E-state index in [1.165, 1.54) is 0 Å². The number of hydrogen-bond acceptors (Lipinski definition) is 2. The predicted octanol–water partition coefficient (Wildman–Crippen LogP) is 4.92. The molecular weight excluding hydrogens is 419 g/mol. The number of halogens is 2. The number of carbonyl (C=O) groups excluding carboxylic acids is 2. The fourth-order valence-electron chi connectivity index (χ4n) is 3.85. The molecule has 0 radical (unpaired) electrons. The Morgan fingerprint density at radius 1 is 0.933 bits per heavy atom. The average Bonchev–Trinajstić information content (AvgIpc) is 2.74. The second-order valence-corrected chi connectivity index (χ2v) is 8.05. The van der Waals surface area contributed by atoms with Crippen molar-refractivity contribution >= 4 is 35.0 Å². The summed E-state index contributed by atoms with van der Waals surface area (Å²) in [6.07, 6.45) is 0.722. The van der Waals surface area contributed by atoms with E-state index in [2.05, 4.69) is 10.6 Å². The van der Waals surface area contributed by atoms with Gasteiger partial charge in [-0.15, -0.1) is 0 Å². The summed E-state index contributed by atoms with van der Waals surface area (Å²) in [6.45, 7) is 0.497. The van der Waals surface area contributed by atoms with Gasteiger partial charge in [0.15, 0.2) is 0 Å². The number of amides is 2. The van der Waals surface area contributed by atoms with E-state index in [9.17, 15) is 9.59 Å². The van der Waals surface area contributed by atoms with Crippen LogP contribution in [0.2, 0.25) is 10.0 Å². The first kappa shape index (κ1) is 20.5. The minimum atomic E-state index is -0.603. The summed E-state index contributed by atoms with van der Waals surface area (Å²) >= 11 is 12.5. The fraction of sp³-hybridized carbons (Fsp3) is 0.167. The van der Waals surface area contributed by atoms with Gasteiger partial charge in [0.05, 0.1) is 12.0 Å². The highest BCUT2D eigenvalue weighted by Crippen LogP contribution is 2.40. The third-order valence-electron chi connectivity index (χ3n) is 5.30. The molecule has 2 atom stereocenters. The molecule has 1 heterocycles. The van der Waals surface area contributed by atoms with E-state index in [1.54, 1.807) is 30.3 Å². The molecule has 1 aliphatic rings. The molecule has 0 bridgehead atoms. The molecule has 30 heavy (non-hydrogen) atoms. The van der Waals surface area contributed by atoms with E-state index >= 15 is 0 Å². The molecule has 0 fully saturated rings. The van der Waals surface area contributed by atoms with Gasteiger partial charge in [0, 0.05) is 22.2 Å². The summed E-state index contributed by atoms with van der Waals surface area (Å²) in [4.78, 5) is 26.0. The van der Waals surface area contributed by atoms with Gasteiger partial charge in [0.1, 0.15) is 0 Å². The lowest BCUT2D eigenvalue weighted by Crippen LogP contribution is -2.45. The SMILES string of the molecule is O=C1N[C@@H](c2ccc(Cl)cc2Cl)[C@H](C(=O)NCCc2ccccc2)c2ccccc21. The lowest BCUT2D eigenvalue weighted by molar-refractivity contribution is -0.123. The lowest BCUT2D eigenvalue weighted by atomic mass is 9.80. The Morgan fingerprint density at radius 2 is 1.67 bits per heavy atom. The van der Waals surface area contributed by atoms with Crippen molar-refractivity contribution in [1.29, 1.82) is 0 Å². The normalized spacial score (nSPS) is 17.7. The van der Waals surface area contributed by atoms with Crippen molar-refractivity contribution in [3.63, 3.8) is 0 Å². The molecule has 4 nitrogen and oxygen atoms in total. The Hall–Kier alpha value is -2.82. The summed E-state index contributed by atoms with van der Waals surface area (Å²) in [7, 11) is 0. The van der Waals surface area contributed by atoms with Crippen LogP contribution in [0.25, 0.3) is 0 Å². The molecule has 0 saturated carbocycles.